The Bertz CT molecular complexity index is 1110. The van der Waals surface area contributed by atoms with Gasteiger partial charge in [-0.2, -0.15) is 0 Å². The van der Waals surface area contributed by atoms with Gasteiger partial charge in [0, 0.05) is 41.5 Å². The molecule has 1 saturated heterocycles. The summed E-state index contributed by atoms with van der Waals surface area (Å²) in [5, 5.41) is 4.23. The molecule has 0 radical (unpaired) electrons. The summed E-state index contributed by atoms with van der Waals surface area (Å²) >= 11 is 6.45. The van der Waals surface area contributed by atoms with Gasteiger partial charge in [0.05, 0.1) is 11.6 Å². The highest BCUT2D eigenvalue weighted by molar-refractivity contribution is 7.93. The summed E-state index contributed by atoms with van der Waals surface area (Å²) in [6.45, 7) is 2.31. The van der Waals surface area contributed by atoms with Gasteiger partial charge in [-0.15, -0.1) is 0 Å². The minimum atomic E-state index is -3.31. The van der Waals surface area contributed by atoms with Gasteiger partial charge in [-0.05, 0) is 31.4 Å². The van der Waals surface area contributed by atoms with E-state index < -0.39 is 27.6 Å². The minimum Gasteiger partial charge on any atom is -0.349 e. The van der Waals surface area contributed by atoms with Crippen LogP contribution in [0.15, 0.2) is 48.0 Å². The van der Waals surface area contributed by atoms with Crippen LogP contribution in [0.4, 0.5) is 10.2 Å². The van der Waals surface area contributed by atoms with Gasteiger partial charge in [0.15, 0.2) is 9.84 Å². The molecule has 1 aliphatic rings. The molecule has 3 rings (SSSR count). The van der Waals surface area contributed by atoms with E-state index >= 15 is 0 Å². The van der Waals surface area contributed by atoms with E-state index in [-0.39, 0.29) is 11.6 Å². The number of hydrogen-bond donors (Lipinski definition) is 1. The van der Waals surface area contributed by atoms with Crippen LogP contribution in [-0.4, -0.2) is 38.2 Å². The van der Waals surface area contributed by atoms with Crippen LogP contribution < -0.4 is 10.2 Å². The highest BCUT2D eigenvalue weighted by atomic mass is 35.5. The number of carbonyl (C=O) groups excluding carboxylic acids is 1. The largest absolute Gasteiger partial charge is 0.349 e. The molecule has 1 aromatic carbocycles. The molecule has 2 atom stereocenters. The van der Waals surface area contributed by atoms with Crippen molar-refractivity contribution in [1.82, 2.24) is 10.3 Å². The second kappa shape index (κ2) is 10.4. The molecule has 0 aliphatic carbocycles. The highest BCUT2D eigenvalue weighted by Crippen LogP contribution is 2.36. The second-order valence-electron chi connectivity index (χ2n) is 8.02. The summed E-state index contributed by atoms with van der Waals surface area (Å²) in [5.41, 5.74) is 0.782. The first-order valence-corrected chi connectivity index (χ1v) is 12.8. The summed E-state index contributed by atoms with van der Waals surface area (Å²) < 4.78 is 37.4. The predicted octanol–water partition coefficient (Wildman–Crippen LogP) is 4.67. The van der Waals surface area contributed by atoms with Crippen molar-refractivity contribution in [2.24, 2.45) is 0 Å². The Morgan fingerprint density at radius 3 is 2.75 bits per heavy atom. The smallest absolute Gasteiger partial charge is 0.256 e. The number of aromatic nitrogens is 1. The lowest BCUT2D eigenvalue weighted by atomic mass is 10.0. The zero-order valence-corrected chi connectivity index (χ0v) is 19.7. The Labute approximate surface area is 193 Å². The van der Waals surface area contributed by atoms with Crippen LogP contribution in [0.5, 0.6) is 0 Å². The zero-order valence-electron chi connectivity index (χ0n) is 18.1. The first kappa shape index (κ1) is 24.2. The van der Waals surface area contributed by atoms with Gasteiger partial charge in [-0.3, -0.25) is 4.79 Å². The number of nitrogens with zero attached hydrogens (tertiary/aromatic N) is 2. The van der Waals surface area contributed by atoms with Crippen molar-refractivity contribution in [3.8, 4) is 0 Å². The van der Waals surface area contributed by atoms with E-state index in [9.17, 15) is 17.6 Å². The van der Waals surface area contributed by atoms with Crippen LogP contribution in [0.2, 0.25) is 5.02 Å². The highest BCUT2D eigenvalue weighted by Gasteiger charge is 2.26. The average Bonchev–Trinajstić information content (AvgIpc) is 2.98. The number of pyridine rings is 1. The molecule has 172 valence electrons. The fourth-order valence-corrected chi connectivity index (χ4v) is 4.57. The Kier molecular flexibility index (Phi) is 7.90. The van der Waals surface area contributed by atoms with Crippen molar-refractivity contribution in [1.29, 1.82) is 0 Å². The maximum atomic E-state index is 14.9. The molecule has 1 aromatic heterocycles. The van der Waals surface area contributed by atoms with Gasteiger partial charge < -0.3 is 10.2 Å². The van der Waals surface area contributed by atoms with Gasteiger partial charge in [-0.25, -0.2) is 17.8 Å². The molecule has 2 aromatic rings. The van der Waals surface area contributed by atoms with Gasteiger partial charge in [0.25, 0.3) is 5.91 Å². The number of halogens is 2. The maximum Gasteiger partial charge on any atom is 0.256 e. The van der Waals surface area contributed by atoms with E-state index in [1.165, 1.54) is 18.3 Å². The van der Waals surface area contributed by atoms with Crippen LogP contribution >= 0.6 is 11.6 Å². The fraction of sp³-hybridized carbons (Fsp3) is 0.391. The van der Waals surface area contributed by atoms with Crippen molar-refractivity contribution < 1.29 is 17.6 Å². The van der Waals surface area contributed by atoms with Gasteiger partial charge in [0.1, 0.15) is 11.6 Å². The molecule has 1 unspecified atom stereocenters. The molecular weight excluding hydrogens is 453 g/mol. The minimum absolute atomic E-state index is 0.0288. The summed E-state index contributed by atoms with van der Waals surface area (Å²) in [7, 11) is -3.31. The standard InChI is InChI=1S/C23H27ClFN3O3S/c1-16(11-13-32(2,30)31)27-23(29)18-15-26-22(14-20(18)25)28-12-7-3-4-10-21(28)17-8-5-6-9-19(17)24/h5-6,8-9,11,13-16,21H,3-4,7,10,12H2,1-2H3,(H,27,29)/b13-11+/t16-,21?/m1/s1. The van der Waals surface area contributed by atoms with Gasteiger partial charge >= 0.3 is 0 Å². The van der Waals surface area contributed by atoms with Crippen molar-refractivity contribution in [2.45, 2.75) is 44.7 Å². The summed E-state index contributed by atoms with van der Waals surface area (Å²) in [5.74, 6) is -0.893. The lowest BCUT2D eigenvalue weighted by molar-refractivity contribution is 0.0942. The summed E-state index contributed by atoms with van der Waals surface area (Å²) in [4.78, 5) is 18.9. The van der Waals surface area contributed by atoms with Crippen molar-refractivity contribution in [2.75, 3.05) is 17.7 Å². The van der Waals surface area contributed by atoms with E-state index in [0.717, 1.165) is 42.9 Å². The quantitative estimate of drug-likeness (QED) is 0.651. The van der Waals surface area contributed by atoms with Crippen LogP contribution in [0, 0.1) is 5.82 Å². The first-order chi connectivity index (χ1) is 15.2. The topological polar surface area (TPSA) is 79.4 Å². The van der Waals surface area contributed by atoms with E-state index in [4.69, 9.17) is 11.6 Å². The van der Waals surface area contributed by atoms with Crippen LogP contribution in [0.1, 0.15) is 54.6 Å². The van der Waals surface area contributed by atoms with Crippen molar-refractivity contribution in [3.05, 3.63) is 70.0 Å². The number of nitrogens with one attached hydrogen (secondary N) is 1. The zero-order chi connectivity index (χ0) is 23.3. The number of hydrogen-bond acceptors (Lipinski definition) is 5. The molecule has 1 fully saturated rings. The van der Waals surface area contributed by atoms with Crippen LogP contribution in [-0.2, 0) is 9.84 Å². The monoisotopic (exact) mass is 479 g/mol. The third-order valence-electron chi connectivity index (χ3n) is 5.37. The molecule has 32 heavy (non-hydrogen) atoms. The van der Waals surface area contributed by atoms with E-state index in [2.05, 4.69) is 15.2 Å². The second-order valence-corrected chi connectivity index (χ2v) is 10.4. The Morgan fingerprint density at radius 1 is 1.31 bits per heavy atom. The van der Waals surface area contributed by atoms with E-state index in [0.29, 0.717) is 17.4 Å². The molecule has 6 nitrogen and oxygen atoms in total. The van der Waals surface area contributed by atoms with E-state index in [1.54, 1.807) is 6.92 Å². The molecule has 0 saturated carbocycles. The molecular formula is C23H27ClFN3O3S. The number of anilines is 1. The first-order valence-electron chi connectivity index (χ1n) is 10.5. The van der Waals surface area contributed by atoms with E-state index in [1.807, 2.05) is 24.3 Å². The number of rotatable bonds is 6. The van der Waals surface area contributed by atoms with Crippen molar-refractivity contribution in [3.63, 3.8) is 0 Å². The third-order valence-corrected chi connectivity index (χ3v) is 6.36. The lowest BCUT2D eigenvalue weighted by Gasteiger charge is -2.32. The Morgan fingerprint density at radius 2 is 2.06 bits per heavy atom. The predicted molar refractivity (Wildman–Crippen MR) is 125 cm³/mol. The molecule has 1 amide bonds. The summed E-state index contributed by atoms with van der Waals surface area (Å²) in [6.07, 6.45) is 7.54. The Hall–Kier alpha value is -2.45. The normalized spacial score (nSPS) is 18.4. The van der Waals surface area contributed by atoms with Gasteiger partial charge in [0.2, 0.25) is 0 Å². The number of sulfone groups is 1. The maximum absolute atomic E-state index is 14.9. The number of carbonyl (C=O) groups is 1. The lowest BCUT2D eigenvalue weighted by Crippen LogP contribution is -2.33. The average molecular weight is 480 g/mol. The molecule has 0 bridgehead atoms. The summed E-state index contributed by atoms with van der Waals surface area (Å²) in [6, 6.07) is 8.30. The Balaban J connectivity index is 1.83. The van der Waals surface area contributed by atoms with Crippen LogP contribution in [0.3, 0.4) is 0 Å². The number of amides is 1. The van der Waals surface area contributed by atoms with Crippen LogP contribution in [0.25, 0.3) is 0 Å². The molecule has 1 N–H and O–H groups in total. The molecule has 9 heteroatoms. The molecule has 2 heterocycles. The molecule has 0 spiro atoms. The van der Waals surface area contributed by atoms with Crippen molar-refractivity contribution >= 4 is 33.2 Å². The fourth-order valence-electron chi connectivity index (χ4n) is 3.79. The van der Waals surface area contributed by atoms with Gasteiger partial charge in [-0.1, -0.05) is 48.7 Å². The third kappa shape index (κ3) is 6.29. The molecule has 1 aliphatic heterocycles. The SMILES string of the molecule is C[C@H](/C=C/S(C)(=O)=O)NC(=O)c1cnc(N2CCCCCC2c2ccccc2Cl)cc1F. The number of benzene rings is 1.